The molecule has 1 aliphatic heterocycles. The molecule has 1 saturated heterocycles. The summed E-state index contributed by atoms with van der Waals surface area (Å²) in [5.41, 5.74) is 5.70. The fourth-order valence-corrected chi connectivity index (χ4v) is 2.89. The summed E-state index contributed by atoms with van der Waals surface area (Å²) in [7, 11) is 1.62. The van der Waals surface area contributed by atoms with Gasteiger partial charge in [0.2, 0.25) is 5.91 Å². The van der Waals surface area contributed by atoms with Gasteiger partial charge in [0, 0.05) is 18.8 Å². The van der Waals surface area contributed by atoms with Crippen molar-refractivity contribution in [1.82, 2.24) is 5.43 Å². The number of nitrogens with one attached hydrogen (secondary N) is 1. The molecule has 1 heterocycles. The second-order valence-corrected chi connectivity index (χ2v) is 6.10. The first-order valence-electron chi connectivity index (χ1n) is 8.54. The van der Waals surface area contributed by atoms with Crippen LogP contribution in [0.15, 0.2) is 53.6 Å². The van der Waals surface area contributed by atoms with Crippen molar-refractivity contribution in [3.05, 3.63) is 59.7 Å². The lowest BCUT2D eigenvalue weighted by molar-refractivity contribution is -0.120. The normalized spacial score (nSPS) is 14.0. The van der Waals surface area contributed by atoms with Gasteiger partial charge in [0.1, 0.15) is 5.75 Å². The molecule has 1 amide bonds. The molecule has 0 aliphatic carbocycles. The number of nitrogens with zero attached hydrogens (tertiary/aromatic N) is 2. The van der Waals surface area contributed by atoms with E-state index in [1.165, 1.54) is 18.5 Å². The Hall–Kier alpha value is -2.82. The van der Waals surface area contributed by atoms with Crippen LogP contribution in [0.4, 0.5) is 5.69 Å². The highest BCUT2D eigenvalue weighted by Crippen LogP contribution is 2.19. The summed E-state index contributed by atoms with van der Waals surface area (Å²) < 4.78 is 5.10. The van der Waals surface area contributed by atoms with Gasteiger partial charge in [-0.25, -0.2) is 5.43 Å². The molecule has 1 fully saturated rings. The summed E-state index contributed by atoms with van der Waals surface area (Å²) in [6.07, 6.45) is 4.49. The number of benzene rings is 2. The second-order valence-electron chi connectivity index (χ2n) is 6.10. The van der Waals surface area contributed by atoms with Crippen molar-refractivity contribution in [2.24, 2.45) is 5.10 Å². The second kappa shape index (κ2) is 8.33. The number of methoxy groups -OCH3 is 1. The van der Waals surface area contributed by atoms with Crippen molar-refractivity contribution in [3.8, 4) is 5.75 Å². The van der Waals surface area contributed by atoms with E-state index in [4.69, 9.17) is 4.74 Å². The van der Waals surface area contributed by atoms with Crippen LogP contribution < -0.4 is 15.1 Å². The number of ether oxygens (including phenoxy) is 1. The lowest BCUT2D eigenvalue weighted by atomic mass is 10.1. The van der Waals surface area contributed by atoms with Gasteiger partial charge in [-0.2, -0.15) is 5.10 Å². The van der Waals surface area contributed by atoms with Gasteiger partial charge in [0.25, 0.3) is 0 Å². The monoisotopic (exact) mass is 337 g/mol. The number of hydrazone groups is 1. The number of rotatable bonds is 6. The topological polar surface area (TPSA) is 53.9 Å². The van der Waals surface area contributed by atoms with Crippen LogP contribution in [0.3, 0.4) is 0 Å². The Kier molecular flexibility index (Phi) is 5.67. The fourth-order valence-electron chi connectivity index (χ4n) is 2.89. The van der Waals surface area contributed by atoms with E-state index < -0.39 is 0 Å². The summed E-state index contributed by atoms with van der Waals surface area (Å²) in [5.74, 6) is 0.634. The molecule has 0 atom stereocenters. The van der Waals surface area contributed by atoms with Gasteiger partial charge in [-0.15, -0.1) is 0 Å². The van der Waals surface area contributed by atoms with Crippen molar-refractivity contribution in [2.45, 2.75) is 19.3 Å². The number of anilines is 1. The molecule has 5 nitrogen and oxygen atoms in total. The van der Waals surface area contributed by atoms with Crippen LogP contribution in [0.25, 0.3) is 0 Å². The Labute approximate surface area is 148 Å². The Morgan fingerprint density at radius 2 is 1.80 bits per heavy atom. The molecule has 130 valence electrons. The first-order chi connectivity index (χ1) is 12.2. The van der Waals surface area contributed by atoms with E-state index in [-0.39, 0.29) is 12.3 Å². The molecule has 5 heteroatoms. The maximum absolute atomic E-state index is 11.9. The smallest absolute Gasteiger partial charge is 0.244 e. The average molecular weight is 337 g/mol. The first-order valence-corrected chi connectivity index (χ1v) is 8.54. The molecule has 3 rings (SSSR count). The predicted molar refractivity (Wildman–Crippen MR) is 100 cm³/mol. The minimum absolute atomic E-state index is 0.143. The highest BCUT2D eigenvalue weighted by atomic mass is 16.5. The molecule has 2 aromatic rings. The molecule has 1 N–H and O–H groups in total. The highest BCUT2D eigenvalue weighted by molar-refractivity contribution is 5.83. The quantitative estimate of drug-likeness (QED) is 0.651. The molecule has 0 radical (unpaired) electrons. The van der Waals surface area contributed by atoms with Gasteiger partial charge in [0.05, 0.1) is 19.7 Å². The summed E-state index contributed by atoms with van der Waals surface area (Å²) >= 11 is 0. The summed E-state index contributed by atoms with van der Waals surface area (Å²) in [5, 5.41) is 4.04. The lowest BCUT2D eigenvalue weighted by Gasteiger charge is -2.17. The number of carbonyl (C=O) groups excluding carboxylic acids is 1. The molecular weight excluding hydrogens is 314 g/mol. The van der Waals surface area contributed by atoms with Crippen LogP contribution in [-0.4, -0.2) is 32.3 Å². The number of hydrogen-bond donors (Lipinski definition) is 1. The standard InChI is InChI=1S/C20H23N3O2/c1-25-19-10-6-16(7-11-19)14-20(24)22-21-15-17-4-8-18(9-5-17)23-12-2-3-13-23/h4-11,15H,2-3,12-14H2,1H3,(H,22,24)/b21-15+. The summed E-state index contributed by atoms with van der Waals surface area (Å²) in [6.45, 7) is 2.27. The van der Waals surface area contributed by atoms with E-state index in [1.54, 1.807) is 13.3 Å². The van der Waals surface area contributed by atoms with Crippen molar-refractivity contribution in [3.63, 3.8) is 0 Å². The Balaban J connectivity index is 1.49. The molecule has 0 unspecified atom stereocenters. The van der Waals surface area contributed by atoms with Gasteiger partial charge in [0.15, 0.2) is 0 Å². The van der Waals surface area contributed by atoms with Gasteiger partial charge in [-0.3, -0.25) is 4.79 Å². The van der Waals surface area contributed by atoms with Crippen LogP contribution >= 0.6 is 0 Å². The fraction of sp³-hybridized carbons (Fsp3) is 0.300. The van der Waals surface area contributed by atoms with E-state index in [2.05, 4.69) is 27.6 Å². The van der Waals surface area contributed by atoms with Gasteiger partial charge >= 0.3 is 0 Å². The zero-order valence-electron chi connectivity index (χ0n) is 14.4. The highest BCUT2D eigenvalue weighted by Gasteiger charge is 2.11. The van der Waals surface area contributed by atoms with Gasteiger partial charge in [-0.05, 0) is 48.2 Å². The average Bonchev–Trinajstić information content (AvgIpc) is 3.18. The molecule has 2 aromatic carbocycles. The van der Waals surface area contributed by atoms with Crippen LogP contribution in [-0.2, 0) is 11.2 Å². The zero-order valence-corrected chi connectivity index (χ0v) is 14.4. The van der Waals surface area contributed by atoms with E-state index >= 15 is 0 Å². The minimum Gasteiger partial charge on any atom is -0.497 e. The Morgan fingerprint density at radius 3 is 2.44 bits per heavy atom. The van der Waals surface area contributed by atoms with Crippen molar-refractivity contribution < 1.29 is 9.53 Å². The molecular formula is C20H23N3O2. The van der Waals surface area contributed by atoms with Crippen LogP contribution in [0.5, 0.6) is 5.75 Å². The predicted octanol–water partition coefficient (Wildman–Crippen LogP) is 2.99. The van der Waals surface area contributed by atoms with E-state index in [9.17, 15) is 4.79 Å². The maximum atomic E-state index is 11.9. The van der Waals surface area contributed by atoms with Gasteiger partial charge in [-0.1, -0.05) is 24.3 Å². The molecule has 0 saturated carbocycles. The van der Waals surface area contributed by atoms with Crippen molar-refractivity contribution in [1.29, 1.82) is 0 Å². The summed E-state index contributed by atoms with van der Waals surface area (Å²) in [6, 6.07) is 15.7. The van der Waals surface area contributed by atoms with E-state index in [1.807, 2.05) is 36.4 Å². The molecule has 25 heavy (non-hydrogen) atoms. The third kappa shape index (κ3) is 4.83. The third-order valence-electron chi connectivity index (χ3n) is 4.29. The van der Waals surface area contributed by atoms with Crippen LogP contribution in [0.2, 0.25) is 0 Å². The molecule has 0 aromatic heterocycles. The zero-order chi connectivity index (χ0) is 17.5. The van der Waals surface area contributed by atoms with Crippen molar-refractivity contribution >= 4 is 17.8 Å². The van der Waals surface area contributed by atoms with Crippen LogP contribution in [0.1, 0.15) is 24.0 Å². The number of amides is 1. The minimum atomic E-state index is -0.143. The van der Waals surface area contributed by atoms with E-state index in [0.29, 0.717) is 0 Å². The largest absolute Gasteiger partial charge is 0.497 e. The van der Waals surface area contributed by atoms with E-state index in [0.717, 1.165) is 30.0 Å². The Bertz CT molecular complexity index is 718. The van der Waals surface area contributed by atoms with Gasteiger partial charge < -0.3 is 9.64 Å². The Morgan fingerprint density at radius 1 is 1.12 bits per heavy atom. The maximum Gasteiger partial charge on any atom is 0.244 e. The number of carbonyl (C=O) groups is 1. The molecule has 0 bridgehead atoms. The first kappa shape index (κ1) is 17.0. The van der Waals surface area contributed by atoms with Crippen LogP contribution in [0, 0.1) is 0 Å². The van der Waals surface area contributed by atoms with Crippen molar-refractivity contribution in [2.75, 3.05) is 25.1 Å². The lowest BCUT2D eigenvalue weighted by Crippen LogP contribution is -2.19. The molecule has 1 aliphatic rings. The third-order valence-corrected chi connectivity index (χ3v) is 4.29. The number of hydrogen-bond acceptors (Lipinski definition) is 4. The summed E-state index contributed by atoms with van der Waals surface area (Å²) in [4.78, 5) is 14.3. The SMILES string of the molecule is COc1ccc(CC(=O)N/N=C/c2ccc(N3CCCC3)cc2)cc1. The molecule has 0 spiro atoms.